The highest BCUT2D eigenvalue weighted by molar-refractivity contribution is 7.89. The standard InChI is InChI=1S/C20H24N2O6S/c1-13(2)14-5-8-16(9-6-14)22-19(23)12-28-20(24)15-7-10-17(27-4)18(11-15)29(25,26)21-3/h5-11,13,21H,12H2,1-4H3,(H,22,23). The van der Waals surface area contributed by atoms with Crippen LogP contribution in [0.5, 0.6) is 5.75 Å². The lowest BCUT2D eigenvalue weighted by atomic mass is 10.0. The van der Waals surface area contributed by atoms with E-state index in [1.807, 2.05) is 12.1 Å². The number of ether oxygens (including phenoxy) is 2. The summed E-state index contributed by atoms with van der Waals surface area (Å²) < 4.78 is 36.3. The molecule has 0 bridgehead atoms. The molecule has 0 aliphatic heterocycles. The average molecular weight is 420 g/mol. The van der Waals surface area contributed by atoms with Gasteiger partial charge in [0.2, 0.25) is 10.0 Å². The Morgan fingerprint density at radius 2 is 1.72 bits per heavy atom. The molecule has 0 fully saturated rings. The number of nitrogens with one attached hydrogen (secondary N) is 2. The van der Waals surface area contributed by atoms with Crippen molar-refractivity contribution in [1.82, 2.24) is 4.72 Å². The minimum atomic E-state index is -3.84. The van der Waals surface area contributed by atoms with E-state index in [2.05, 4.69) is 23.9 Å². The normalized spacial score (nSPS) is 11.2. The van der Waals surface area contributed by atoms with Crippen molar-refractivity contribution >= 4 is 27.6 Å². The van der Waals surface area contributed by atoms with E-state index >= 15 is 0 Å². The van der Waals surface area contributed by atoms with E-state index in [9.17, 15) is 18.0 Å². The number of hydrogen-bond donors (Lipinski definition) is 2. The number of amides is 1. The predicted molar refractivity (Wildman–Crippen MR) is 109 cm³/mol. The maximum absolute atomic E-state index is 12.2. The van der Waals surface area contributed by atoms with E-state index in [1.165, 1.54) is 26.3 Å². The largest absolute Gasteiger partial charge is 0.495 e. The van der Waals surface area contributed by atoms with Gasteiger partial charge in [-0.25, -0.2) is 17.9 Å². The van der Waals surface area contributed by atoms with Crippen LogP contribution in [0.4, 0.5) is 5.69 Å². The van der Waals surface area contributed by atoms with Crippen LogP contribution in [0.25, 0.3) is 0 Å². The summed E-state index contributed by atoms with van der Waals surface area (Å²) in [6.45, 7) is 3.63. The highest BCUT2D eigenvalue weighted by Gasteiger charge is 2.21. The monoisotopic (exact) mass is 420 g/mol. The minimum Gasteiger partial charge on any atom is -0.495 e. The van der Waals surface area contributed by atoms with Gasteiger partial charge in [0.25, 0.3) is 5.91 Å². The van der Waals surface area contributed by atoms with Crippen LogP contribution >= 0.6 is 0 Å². The first-order valence-corrected chi connectivity index (χ1v) is 10.3. The van der Waals surface area contributed by atoms with Gasteiger partial charge in [-0.3, -0.25) is 4.79 Å². The van der Waals surface area contributed by atoms with Gasteiger partial charge < -0.3 is 14.8 Å². The van der Waals surface area contributed by atoms with Crippen LogP contribution in [0.1, 0.15) is 35.7 Å². The maximum atomic E-state index is 12.2. The van der Waals surface area contributed by atoms with E-state index in [4.69, 9.17) is 9.47 Å². The third-order valence-corrected chi connectivity index (χ3v) is 5.59. The van der Waals surface area contributed by atoms with Gasteiger partial charge in [0.15, 0.2) is 6.61 Å². The number of hydrogen-bond acceptors (Lipinski definition) is 6. The molecule has 2 aromatic rings. The fourth-order valence-corrected chi connectivity index (χ4v) is 3.40. The molecule has 2 aromatic carbocycles. The Hall–Kier alpha value is -2.91. The lowest BCUT2D eigenvalue weighted by molar-refractivity contribution is -0.119. The molecule has 0 saturated heterocycles. The number of benzene rings is 2. The fourth-order valence-electron chi connectivity index (χ4n) is 2.49. The molecule has 0 saturated carbocycles. The molecule has 0 heterocycles. The molecule has 0 radical (unpaired) electrons. The topological polar surface area (TPSA) is 111 Å². The molecule has 8 nitrogen and oxygen atoms in total. The van der Waals surface area contributed by atoms with Crippen LogP contribution in [-0.4, -0.2) is 41.1 Å². The molecule has 0 spiro atoms. The van der Waals surface area contributed by atoms with Gasteiger partial charge >= 0.3 is 5.97 Å². The molecule has 29 heavy (non-hydrogen) atoms. The van der Waals surface area contributed by atoms with Crippen molar-refractivity contribution < 1.29 is 27.5 Å². The van der Waals surface area contributed by atoms with Crippen molar-refractivity contribution in [3.05, 3.63) is 53.6 Å². The third kappa shape index (κ3) is 5.78. The van der Waals surface area contributed by atoms with Gasteiger partial charge in [0.1, 0.15) is 10.6 Å². The van der Waals surface area contributed by atoms with E-state index in [-0.39, 0.29) is 16.2 Å². The Morgan fingerprint density at radius 1 is 1.07 bits per heavy atom. The second-order valence-corrected chi connectivity index (χ2v) is 8.33. The van der Waals surface area contributed by atoms with Crippen LogP contribution in [0.15, 0.2) is 47.4 Å². The zero-order valence-corrected chi connectivity index (χ0v) is 17.5. The molecular weight excluding hydrogens is 396 g/mol. The van der Waals surface area contributed by atoms with Crippen LogP contribution in [0, 0.1) is 0 Å². The number of rotatable bonds is 8. The summed E-state index contributed by atoms with van der Waals surface area (Å²) in [6.07, 6.45) is 0. The minimum absolute atomic E-state index is 0.0197. The van der Waals surface area contributed by atoms with Crippen molar-refractivity contribution in [3.8, 4) is 5.75 Å². The number of carbonyl (C=O) groups excluding carboxylic acids is 2. The van der Waals surface area contributed by atoms with Gasteiger partial charge in [-0.15, -0.1) is 0 Å². The zero-order chi connectivity index (χ0) is 21.6. The lowest BCUT2D eigenvalue weighted by Gasteiger charge is -2.11. The van der Waals surface area contributed by atoms with Gasteiger partial charge in [-0.05, 0) is 48.9 Å². The van der Waals surface area contributed by atoms with E-state index in [1.54, 1.807) is 12.1 Å². The van der Waals surface area contributed by atoms with Crippen LogP contribution < -0.4 is 14.8 Å². The number of methoxy groups -OCH3 is 1. The van der Waals surface area contributed by atoms with Crippen molar-refractivity contribution in [2.45, 2.75) is 24.7 Å². The van der Waals surface area contributed by atoms with Gasteiger partial charge in [0, 0.05) is 5.69 Å². The zero-order valence-electron chi connectivity index (χ0n) is 16.7. The van der Waals surface area contributed by atoms with E-state index in [0.29, 0.717) is 11.6 Å². The summed E-state index contributed by atoms with van der Waals surface area (Å²) in [4.78, 5) is 24.1. The highest BCUT2D eigenvalue weighted by atomic mass is 32.2. The van der Waals surface area contributed by atoms with Gasteiger partial charge in [0.05, 0.1) is 12.7 Å². The smallest absolute Gasteiger partial charge is 0.338 e. The molecule has 2 rings (SSSR count). The average Bonchev–Trinajstić information content (AvgIpc) is 2.71. The van der Waals surface area contributed by atoms with E-state index in [0.717, 1.165) is 11.6 Å². The van der Waals surface area contributed by atoms with Crippen molar-refractivity contribution in [3.63, 3.8) is 0 Å². The molecule has 156 valence electrons. The highest BCUT2D eigenvalue weighted by Crippen LogP contribution is 2.25. The van der Waals surface area contributed by atoms with Crippen molar-refractivity contribution in [1.29, 1.82) is 0 Å². The molecule has 0 unspecified atom stereocenters. The molecule has 0 aromatic heterocycles. The molecule has 0 aliphatic rings. The van der Waals surface area contributed by atoms with Crippen LogP contribution in [0.2, 0.25) is 0 Å². The maximum Gasteiger partial charge on any atom is 0.338 e. The van der Waals surface area contributed by atoms with Crippen LogP contribution in [0.3, 0.4) is 0 Å². The van der Waals surface area contributed by atoms with Crippen LogP contribution in [-0.2, 0) is 19.6 Å². The predicted octanol–water partition coefficient (Wildman–Crippen LogP) is 2.52. The first kappa shape index (κ1) is 22.4. The Bertz CT molecular complexity index is 985. The summed E-state index contributed by atoms with van der Waals surface area (Å²) in [7, 11) is -1.27. The Balaban J connectivity index is 2.03. The number of sulfonamides is 1. The van der Waals surface area contributed by atoms with Gasteiger partial charge in [-0.1, -0.05) is 26.0 Å². The summed E-state index contributed by atoms with van der Waals surface area (Å²) in [5.41, 5.74) is 1.71. The number of carbonyl (C=O) groups is 2. The Labute approximate surface area is 170 Å². The summed E-state index contributed by atoms with van der Waals surface area (Å²) in [5.74, 6) is -0.877. The molecule has 1 amide bonds. The lowest BCUT2D eigenvalue weighted by Crippen LogP contribution is -2.22. The van der Waals surface area contributed by atoms with Gasteiger partial charge in [-0.2, -0.15) is 0 Å². The second-order valence-electron chi connectivity index (χ2n) is 6.47. The van der Waals surface area contributed by atoms with Crippen molar-refractivity contribution in [2.75, 3.05) is 26.1 Å². The molecular formula is C20H24N2O6S. The quantitative estimate of drug-likeness (QED) is 0.635. The SMILES string of the molecule is CNS(=O)(=O)c1cc(C(=O)OCC(=O)Nc2ccc(C(C)C)cc2)ccc1OC. The summed E-state index contributed by atoms with van der Waals surface area (Å²) >= 11 is 0. The third-order valence-electron chi connectivity index (χ3n) is 4.15. The fraction of sp³-hybridized carbons (Fsp3) is 0.300. The number of esters is 1. The van der Waals surface area contributed by atoms with E-state index < -0.39 is 28.5 Å². The first-order chi connectivity index (χ1) is 13.7. The second kappa shape index (κ2) is 9.53. The van der Waals surface area contributed by atoms with Crippen molar-refractivity contribution in [2.24, 2.45) is 0 Å². The first-order valence-electron chi connectivity index (χ1n) is 8.86. The number of anilines is 1. The molecule has 0 aliphatic carbocycles. The summed E-state index contributed by atoms with van der Waals surface area (Å²) in [6, 6.07) is 11.2. The molecule has 9 heteroatoms. The molecule has 2 N–H and O–H groups in total. The summed E-state index contributed by atoms with van der Waals surface area (Å²) in [5, 5.41) is 2.64. The Morgan fingerprint density at radius 3 is 2.28 bits per heavy atom. The molecule has 0 atom stereocenters. The Kier molecular flexibility index (Phi) is 7.35.